The molecule has 7 heteroatoms. The van der Waals surface area contributed by atoms with Crippen LogP contribution >= 0.6 is 23.2 Å². The van der Waals surface area contributed by atoms with Crippen LogP contribution in [0.4, 0.5) is 0 Å². The van der Waals surface area contributed by atoms with Crippen LogP contribution in [0.3, 0.4) is 0 Å². The van der Waals surface area contributed by atoms with E-state index < -0.39 is 0 Å². The zero-order valence-electron chi connectivity index (χ0n) is 22.3. The molecule has 4 aromatic rings. The number of aromatic nitrogens is 1. The van der Waals surface area contributed by atoms with Gasteiger partial charge in [0.05, 0.1) is 5.69 Å². The van der Waals surface area contributed by atoms with Crippen LogP contribution in [0.25, 0.3) is 22.2 Å². The van der Waals surface area contributed by atoms with E-state index in [9.17, 15) is 4.79 Å². The highest BCUT2D eigenvalue weighted by molar-refractivity contribution is 6.36. The summed E-state index contributed by atoms with van der Waals surface area (Å²) in [5.41, 5.74) is 5.65. The second kappa shape index (κ2) is 13.0. The molecular weight excluding hydrogens is 529 g/mol. The van der Waals surface area contributed by atoms with Crippen LogP contribution in [-0.2, 0) is 22.6 Å². The van der Waals surface area contributed by atoms with Gasteiger partial charge >= 0.3 is 0 Å². The van der Waals surface area contributed by atoms with Gasteiger partial charge in [-0.1, -0.05) is 77.8 Å². The van der Waals surface area contributed by atoms with Gasteiger partial charge in [0.1, 0.15) is 6.54 Å². The average Bonchev–Trinajstić information content (AvgIpc) is 3.25. The molecule has 5 nitrogen and oxygen atoms in total. The van der Waals surface area contributed by atoms with Gasteiger partial charge in [-0.2, -0.15) is 0 Å². The number of halogens is 2. The van der Waals surface area contributed by atoms with E-state index in [0.29, 0.717) is 19.1 Å². The lowest BCUT2D eigenvalue weighted by Crippen LogP contribution is -2.33. The Kier molecular flexibility index (Phi) is 9.25. The minimum Gasteiger partial charge on any atom is -0.385 e. The Morgan fingerprint density at radius 1 is 0.949 bits per heavy atom. The zero-order valence-corrected chi connectivity index (χ0v) is 23.8. The third-order valence-electron chi connectivity index (χ3n) is 7.65. The number of piperidine rings is 1. The van der Waals surface area contributed by atoms with E-state index in [1.165, 1.54) is 10.9 Å². The molecule has 1 fully saturated rings. The van der Waals surface area contributed by atoms with Crippen LogP contribution in [-0.4, -0.2) is 48.7 Å². The first kappa shape index (κ1) is 27.7. The van der Waals surface area contributed by atoms with Gasteiger partial charge in [-0.3, -0.25) is 9.69 Å². The van der Waals surface area contributed by atoms with E-state index in [2.05, 4.69) is 57.2 Å². The molecule has 1 saturated heterocycles. The summed E-state index contributed by atoms with van der Waals surface area (Å²) in [4.78, 5) is 15.5. The molecule has 1 N–H and O–H groups in total. The van der Waals surface area contributed by atoms with Gasteiger partial charge in [-0.15, -0.1) is 0 Å². The van der Waals surface area contributed by atoms with Gasteiger partial charge < -0.3 is 14.6 Å². The quantitative estimate of drug-likeness (QED) is 0.208. The molecule has 0 spiro atoms. The topological polar surface area (TPSA) is 46.5 Å². The van der Waals surface area contributed by atoms with E-state index in [0.717, 1.165) is 71.3 Å². The number of hydrogen-bond donors (Lipinski definition) is 1. The van der Waals surface area contributed by atoms with Gasteiger partial charge in [0, 0.05) is 47.8 Å². The number of para-hydroxylation sites is 1. The Bertz CT molecular complexity index is 1390. The summed E-state index contributed by atoms with van der Waals surface area (Å²) in [6.07, 6.45) is 2.81. The van der Waals surface area contributed by atoms with Gasteiger partial charge in [0.2, 0.25) is 5.91 Å². The highest BCUT2D eigenvalue weighted by Gasteiger charge is 2.27. The molecule has 0 aliphatic carbocycles. The Labute approximate surface area is 240 Å². The summed E-state index contributed by atoms with van der Waals surface area (Å²) in [7, 11) is 1.68. The molecule has 0 atom stereocenters. The molecule has 3 aromatic carbocycles. The van der Waals surface area contributed by atoms with Crippen LogP contribution in [0, 0.1) is 0 Å². The van der Waals surface area contributed by atoms with Crippen LogP contribution < -0.4 is 5.32 Å². The monoisotopic (exact) mass is 563 g/mol. The lowest BCUT2D eigenvalue weighted by molar-refractivity contribution is -0.121. The molecule has 1 aliphatic rings. The van der Waals surface area contributed by atoms with Crippen LogP contribution in [0.1, 0.15) is 36.3 Å². The Morgan fingerprint density at radius 3 is 2.36 bits per heavy atom. The Balaban J connectivity index is 1.43. The Hall–Kier alpha value is -2.83. The number of carbonyl (C=O) groups is 1. The number of benzene rings is 3. The van der Waals surface area contributed by atoms with Gasteiger partial charge in [-0.05, 0) is 73.2 Å². The molecular formula is C32H35Cl2N3O2. The summed E-state index contributed by atoms with van der Waals surface area (Å²) in [6, 6.07) is 24.6. The molecule has 0 saturated carbocycles. The van der Waals surface area contributed by atoms with Gasteiger partial charge in [-0.25, -0.2) is 0 Å². The summed E-state index contributed by atoms with van der Waals surface area (Å²) in [5, 5.41) is 5.77. The standard InChI is InChI=1S/C32H35Cl2N3O2/c1-39-20-8-17-35-30(38)22-37-29-14-6-5-11-25(29)26(32(37)24-9-3-2-4-10-24)21-36-18-15-23(16-19-36)31-27(33)12-7-13-28(31)34/h2-7,9-14,23H,8,15-22H2,1H3,(H,35,38). The Morgan fingerprint density at radius 2 is 1.64 bits per heavy atom. The molecule has 5 rings (SSSR count). The smallest absolute Gasteiger partial charge is 0.239 e. The number of carbonyl (C=O) groups excluding carboxylic acids is 1. The number of ether oxygens (including phenoxy) is 1. The minimum absolute atomic E-state index is 0.00743. The van der Waals surface area contributed by atoms with Crippen molar-refractivity contribution < 1.29 is 9.53 Å². The maximum atomic E-state index is 13.0. The molecule has 1 aromatic heterocycles. The molecule has 0 unspecified atom stereocenters. The molecule has 2 heterocycles. The third-order valence-corrected chi connectivity index (χ3v) is 8.31. The molecule has 0 bridgehead atoms. The third kappa shape index (κ3) is 6.33. The summed E-state index contributed by atoms with van der Waals surface area (Å²) < 4.78 is 7.30. The second-order valence-electron chi connectivity index (χ2n) is 10.2. The lowest BCUT2D eigenvalue weighted by Gasteiger charge is -2.33. The van der Waals surface area contributed by atoms with Crippen molar-refractivity contribution in [3.8, 4) is 11.3 Å². The summed E-state index contributed by atoms with van der Waals surface area (Å²) in [6.45, 7) is 4.23. The van der Waals surface area contributed by atoms with E-state index in [1.54, 1.807) is 7.11 Å². The van der Waals surface area contributed by atoms with Crippen LogP contribution in [0.15, 0.2) is 72.8 Å². The van der Waals surface area contributed by atoms with Gasteiger partial charge in [0.15, 0.2) is 0 Å². The van der Waals surface area contributed by atoms with Crippen molar-refractivity contribution in [3.05, 3.63) is 94.0 Å². The minimum atomic E-state index is 0.00743. The number of amides is 1. The largest absolute Gasteiger partial charge is 0.385 e. The lowest BCUT2D eigenvalue weighted by atomic mass is 9.89. The fourth-order valence-electron chi connectivity index (χ4n) is 5.77. The highest BCUT2D eigenvalue weighted by Crippen LogP contribution is 2.39. The molecule has 0 radical (unpaired) electrons. The van der Waals surface area contributed by atoms with E-state index in [1.807, 2.05) is 30.3 Å². The fraction of sp³-hybridized carbons (Fsp3) is 0.344. The molecule has 1 amide bonds. The van der Waals surface area contributed by atoms with Crippen molar-refractivity contribution in [2.75, 3.05) is 33.4 Å². The fourth-order valence-corrected chi connectivity index (χ4v) is 6.48. The van der Waals surface area contributed by atoms with Crippen molar-refractivity contribution in [3.63, 3.8) is 0 Å². The predicted octanol–water partition coefficient (Wildman–Crippen LogP) is 7.15. The van der Waals surface area contributed by atoms with Gasteiger partial charge in [0.25, 0.3) is 0 Å². The summed E-state index contributed by atoms with van der Waals surface area (Å²) in [5.74, 6) is 0.368. The number of nitrogens with one attached hydrogen (secondary N) is 1. The number of methoxy groups -OCH3 is 1. The van der Waals surface area contributed by atoms with E-state index in [-0.39, 0.29) is 12.5 Å². The predicted molar refractivity (Wildman–Crippen MR) is 161 cm³/mol. The second-order valence-corrected chi connectivity index (χ2v) is 11.0. The van der Waals surface area contributed by atoms with Crippen molar-refractivity contribution in [1.29, 1.82) is 0 Å². The van der Waals surface area contributed by atoms with Crippen molar-refractivity contribution in [2.24, 2.45) is 0 Å². The van der Waals surface area contributed by atoms with Crippen molar-refractivity contribution in [1.82, 2.24) is 14.8 Å². The molecule has 39 heavy (non-hydrogen) atoms. The first-order valence-corrected chi connectivity index (χ1v) is 14.4. The summed E-state index contributed by atoms with van der Waals surface area (Å²) >= 11 is 13.1. The van der Waals surface area contributed by atoms with Crippen molar-refractivity contribution in [2.45, 2.75) is 38.3 Å². The van der Waals surface area contributed by atoms with Crippen LogP contribution in [0.5, 0.6) is 0 Å². The number of fused-ring (bicyclic) bond motifs is 1. The number of rotatable bonds is 10. The van der Waals surface area contributed by atoms with Crippen LogP contribution in [0.2, 0.25) is 10.0 Å². The number of nitrogens with zero attached hydrogens (tertiary/aromatic N) is 2. The average molecular weight is 565 g/mol. The SMILES string of the molecule is COCCCNC(=O)Cn1c(-c2ccccc2)c(CN2CCC(c3c(Cl)cccc3Cl)CC2)c2ccccc21. The maximum absolute atomic E-state index is 13.0. The van der Waals surface area contributed by atoms with E-state index >= 15 is 0 Å². The highest BCUT2D eigenvalue weighted by atomic mass is 35.5. The zero-order chi connectivity index (χ0) is 27.2. The molecule has 204 valence electrons. The number of hydrogen-bond acceptors (Lipinski definition) is 3. The normalized spacial score (nSPS) is 14.6. The molecule has 1 aliphatic heterocycles. The van der Waals surface area contributed by atoms with Crippen molar-refractivity contribution >= 4 is 40.0 Å². The first-order valence-electron chi connectivity index (χ1n) is 13.6. The number of likely N-dealkylation sites (tertiary alicyclic amines) is 1. The van der Waals surface area contributed by atoms with E-state index in [4.69, 9.17) is 27.9 Å². The first-order chi connectivity index (χ1) is 19.1. The maximum Gasteiger partial charge on any atom is 0.239 e.